The van der Waals surface area contributed by atoms with Crippen LogP contribution in [-0.2, 0) is 0 Å². The summed E-state index contributed by atoms with van der Waals surface area (Å²) in [4.78, 5) is 6.77. The van der Waals surface area contributed by atoms with Gasteiger partial charge in [-0.25, -0.2) is 0 Å². The van der Waals surface area contributed by atoms with Gasteiger partial charge in [-0.15, -0.1) is 5.10 Å². The Bertz CT molecular complexity index is 580. The summed E-state index contributed by atoms with van der Waals surface area (Å²) in [5.41, 5.74) is 7.03. The summed E-state index contributed by atoms with van der Waals surface area (Å²) in [5, 5.41) is 7.30. The van der Waals surface area contributed by atoms with E-state index in [9.17, 15) is 0 Å². The third-order valence-corrected chi connectivity index (χ3v) is 4.22. The molecule has 0 aromatic carbocycles. The molecule has 2 aromatic rings. The number of nitrogens with zero attached hydrogens (tertiary/aromatic N) is 3. The van der Waals surface area contributed by atoms with Gasteiger partial charge in [-0.1, -0.05) is 6.92 Å². The number of nitrogens with two attached hydrogens (primary N) is 1. The maximum atomic E-state index is 5.84. The van der Waals surface area contributed by atoms with Crippen LogP contribution in [0.25, 0.3) is 11.4 Å². The van der Waals surface area contributed by atoms with Crippen molar-refractivity contribution in [3.63, 3.8) is 0 Å². The fraction of sp³-hybridized carbons (Fsp3) is 0.571. The second-order valence-corrected chi connectivity index (χ2v) is 5.93. The Kier molecular flexibility index (Phi) is 3.25. The fourth-order valence-electron chi connectivity index (χ4n) is 2.54. The first-order valence-corrected chi connectivity index (χ1v) is 7.03. The maximum Gasteiger partial charge on any atom is 0.245 e. The molecular formula is C14H21N5O. The van der Waals surface area contributed by atoms with Gasteiger partial charge in [0.25, 0.3) is 0 Å². The molecule has 2 aromatic heterocycles. The lowest BCUT2D eigenvalue weighted by molar-refractivity contribution is 0.257. The van der Waals surface area contributed by atoms with Crippen LogP contribution in [0, 0.1) is 12.3 Å². The number of rotatable bonds is 3. The van der Waals surface area contributed by atoms with Crippen LogP contribution in [0.5, 0.6) is 0 Å². The molecule has 3 rings (SSSR count). The van der Waals surface area contributed by atoms with E-state index in [0.29, 0.717) is 0 Å². The van der Waals surface area contributed by atoms with Gasteiger partial charge in [0, 0.05) is 13.1 Å². The lowest BCUT2D eigenvalue weighted by Crippen LogP contribution is -2.42. The van der Waals surface area contributed by atoms with Crippen LogP contribution in [0.1, 0.15) is 25.5 Å². The average Bonchev–Trinajstić information content (AvgIpc) is 3.08. The van der Waals surface area contributed by atoms with Crippen LogP contribution in [0.2, 0.25) is 0 Å². The van der Waals surface area contributed by atoms with Crippen molar-refractivity contribution in [1.29, 1.82) is 0 Å². The Morgan fingerprint density at radius 3 is 2.80 bits per heavy atom. The van der Waals surface area contributed by atoms with Gasteiger partial charge in [0.1, 0.15) is 12.0 Å². The highest BCUT2D eigenvalue weighted by atomic mass is 16.3. The number of H-pyrrole nitrogens is 1. The molecule has 0 bridgehead atoms. The smallest absolute Gasteiger partial charge is 0.245 e. The van der Waals surface area contributed by atoms with E-state index in [-0.39, 0.29) is 5.41 Å². The minimum Gasteiger partial charge on any atom is -0.469 e. The zero-order chi connectivity index (χ0) is 14.2. The third-order valence-electron chi connectivity index (χ3n) is 4.22. The van der Waals surface area contributed by atoms with Crippen LogP contribution < -0.4 is 10.6 Å². The van der Waals surface area contributed by atoms with Gasteiger partial charge in [0.2, 0.25) is 5.95 Å². The van der Waals surface area contributed by atoms with Crippen molar-refractivity contribution in [2.24, 2.45) is 11.1 Å². The lowest BCUT2D eigenvalue weighted by Gasteiger charge is -2.38. The van der Waals surface area contributed by atoms with Crippen molar-refractivity contribution in [3.05, 3.63) is 18.1 Å². The quantitative estimate of drug-likeness (QED) is 0.894. The van der Waals surface area contributed by atoms with Crippen LogP contribution in [0.15, 0.2) is 16.7 Å². The zero-order valence-corrected chi connectivity index (χ0v) is 12.0. The molecule has 1 aliphatic heterocycles. The molecule has 3 heterocycles. The van der Waals surface area contributed by atoms with Gasteiger partial charge in [-0.2, -0.15) is 4.98 Å². The van der Waals surface area contributed by atoms with Gasteiger partial charge >= 0.3 is 0 Å². The van der Waals surface area contributed by atoms with Crippen molar-refractivity contribution in [2.45, 2.75) is 26.7 Å². The van der Waals surface area contributed by atoms with Crippen LogP contribution in [0.4, 0.5) is 5.95 Å². The Hall–Kier alpha value is -1.82. The van der Waals surface area contributed by atoms with E-state index in [1.165, 1.54) is 0 Å². The first-order valence-electron chi connectivity index (χ1n) is 7.03. The van der Waals surface area contributed by atoms with Crippen molar-refractivity contribution in [1.82, 2.24) is 15.2 Å². The van der Waals surface area contributed by atoms with Gasteiger partial charge in [-0.05, 0) is 37.8 Å². The number of hydrogen-bond acceptors (Lipinski definition) is 5. The summed E-state index contributed by atoms with van der Waals surface area (Å²) in [7, 11) is 0. The third kappa shape index (κ3) is 2.43. The number of hydrogen-bond donors (Lipinski definition) is 2. The number of piperidine rings is 1. The fourth-order valence-corrected chi connectivity index (χ4v) is 2.54. The van der Waals surface area contributed by atoms with Crippen molar-refractivity contribution >= 4 is 5.95 Å². The van der Waals surface area contributed by atoms with E-state index in [0.717, 1.165) is 55.6 Å². The topological polar surface area (TPSA) is 84.0 Å². The number of aromatic nitrogens is 3. The van der Waals surface area contributed by atoms with E-state index in [2.05, 4.69) is 27.0 Å². The van der Waals surface area contributed by atoms with Gasteiger partial charge in [0.05, 0.1) is 5.56 Å². The summed E-state index contributed by atoms with van der Waals surface area (Å²) in [6.07, 6.45) is 3.86. The van der Waals surface area contributed by atoms with Crippen LogP contribution in [0.3, 0.4) is 0 Å². The number of furan rings is 1. The normalized spacial score (nSPS) is 18.4. The molecule has 0 atom stereocenters. The first kappa shape index (κ1) is 13.2. The molecule has 1 aliphatic rings. The summed E-state index contributed by atoms with van der Waals surface area (Å²) in [5.74, 6) is 2.39. The second-order valence-electron chi connectivity index (χ2n) is 5.93. The molecule has 0 radical (unpaired) electrons. The van der Waals surface area contributed by atoms with Gasteiger partial charge in [-0.3, -0.25) is 5.10 Å². The Labute approximate surface area is 118 Å². The molecule has 0 amide bonds. The van der Waals surface area contributed by atoms with Crippen molar-refractivity contribution in [2.75, 3.05) is 24.5 Å². The second kappa shape index (κ2) is 4.94. The highest BCUT2D eigenvalue weighted by Gasteiger charge is 2.30. The highest BCUT2D eigenvalue weighted by Crippen LogP contribution is 2.31. The maximum absolute atomic E-state index is 5.84. The number of aryl methyl sites for hydroxylation is 1. The zero-order valence-electron chi connectivity index (χ0n) is 12.0. The lowest BCUT2D eigenvalue weighted by atomic mass is 9.81. The first-order chi connectivity index (χ1) is 9.59. The van der Waals surface area contributed by atoms with E-state index in [4.69, 9.17) is 10.2 Å². The van der Waals surface area contributed by atoms with E-state index in [1.807, 2.05) is 13.0 Å². The van der Waals surface area contributed by atoms with Crippen LogP contribution >= 0.6 is 0 Å². The molecule has 0 spiro atoms. The monoisotopic (exact) mass is 275 g/mol. The Balaban J connectivity index is 1.72. The van der Waals surface area contributed by atoms with E-state index < -0.39 is 0 Å². The summed E-state index contributed by atoms with van der Waals surface area (Å²) < 4.78 is 5.30. The van der Waals surface area contributed by atoms with Crippen LogP contribution in [-0.4, -0.2) is 34.8 Å². The minimum atomic E-state index is 0.261. The molecular weight excluding hydrogens is 254 g/mol. The molecule has 0 aliphatic carbocycles. The summed E-state index contributed by atoms with van der Waals surface area (Å²) in [6, 6.07) is 1.95. The standard InChI is InChI=1S/C14H21N5O/c1-10-7-11(8-20-10)12-16-13(18-17-12)19-5-3-14(2,9-15)4-6-19/h7-8H,3-6,9,15H2,1-2H3,(H,16,17,18). The molecule has 3 N–H and O–H groups in total. The Morgan fingerprint density at radius 1 is 1.45 bits per heavy atom. The van der Waals surface area contributed by atoms with Crippen molar-refractivity contribution in [3.8, 4) is 11.4 Å². The largest absolute Gasteiger partial charge is 0.469 e. The molecule has 6 nitrogen and oxygen atoms in total. The predicted molar refractivity (Wildman–Crippen MR) is 77.4 cm³/mol. The number of anilines is 1. The van der Waals surface area contributed by atoms with Gasteiger partial charge < -0.3 is 15.1 Å². The molecule has 1 fully saturated rings. The van der Waals surface area contributed by atoms with E-state index in [1.54, 1.807) is 6.26 Å². The Morgan fingerprint density at radius 2 is 2.20 bits per heavy atom. The molecule has 0 unspecified atom stereocenters. The number of nitrogens with one attached hydrogen (secondary N) is 1. The highest BCUT2D eigenvalue weighted by molar-refractivity contribution is 5.55. The van der Waals surface area contributed by atoms with Crippen molar-refractivity contribution < 1.29 is 4.42 Å². The molecule has 6 heteroatoms. The molecule has 20 heavy (non-hydrogen) atoms. The predicted octanol–water partition coefficient (Wildman–Crippen LogP) is 1.94. The summed E-state index contributed by atoms with van der Waals surface area (Å²) >= 11 is 0. The average molecular weight is 275 g/mol. The molecule has 0 saturated carbocycles. The number of aromatic amines is 1. The van der Waals surface area contributed by atoms with E-state index >= 15 is 0 Å². The molecule has 1 saturated heterocycles. The summed E-state index contributed by atoms with van der Waals surface area (Å²) in [6.45, 7) is 6.82. The SMILES string of the molecule is Cc1cc(-c2nc(N3CCC(C)(CN)CC3)n[nH]2)co1. The molecule has 108 valence electrons. The van der Waals surface area contributed by atoms with Gasteiger partial charge in [0.15, 0.2) is 5.82 Å². The minimum absolute atomic E-state index is 0.261.